The lowest BCUT2D eigenvalue weighted by atomic mass is 9.97. The van der Waals surface area contributed by atoms with Crippen molar-refractivity contribution in [2.24, 2.45) is 0 Å². The van der Waals surface area contributed by atoms with Crippen LogP contribution in [0.5, 0.6) is 0 Å². The molecule has 1 aromatic heterocycles. The molecule has 2 N–H and O–H groups in total. The molecule has 0 saturated heterocycles. The van der Waals surface area contributed by atoms with Crippen LogP contribution in [0.3, 0.4) is 0 Å². The topological polar surface area (TPSA) is 88.4 Å². The number of aryl methyl sites for hydroxylation is 2. The van der Waals surface area contributed by atoms with Crippen LogP contribution in [-0.2, 0) is 29.3 Å². The number of sulfonamides is 1. The molecule has 10 heteroatoms. The number of carbonyl (C=O) groups is 1. The first kappa shape index (κ1) is 34.7. The predicted octanol–water partition coefficient (Wildman–Crippen LogP) is 9.63. The van der Waals surface area contributed by atoms with Gasteiger partial charge >= 0.3 is 5.97 Å². The number of rotatable bonds is 13. The number of aromatic nitrogens is 1. The number of nitrogens with one attached hydrogen (secondary N) is 1. The van der Waals surface area contributed by atoms with Gasteiger partial charge in [0.05, 0.1) is 16.6 Å². The molecule has 0 aliphatic carbocycles. The smallest absolute Gasteiger partial charge is 0.335 e. The molecule has 0 radical (unpaired) electrons. The Morgan fingerprint density at radius 2 is 1.35 bits per heavy atom. The van der Waals surface area contributed by atoms with Crippen LogP contribution < -0.4 is 4.72 Å². The van der Waals surface area contributed by atoms with Gasteiger partial charge in [0.2, 0.25) is 10.0 Å². The third-order valence-electron chi connectivity index (χ3n) is 8.60. The Kier molecular flexibility index (Phi) is 10.8. The third-order valence-corrected chi connectivity index (χ3v) is 11.0. The monoisotopic (exact) mass is 730 g/mol. The highest BCUT2D eigenvalue weighted by Crippen LogP contribution is 2.38. The Hall–Kier alpha value is -4.11. The second kappa shape index (κ2) is 15.2. The molecule has 0 saturated carbocycles. The molecule has 0 bridgehead atoms. The van der Waals surface area contributed by atoms with Gasteiger partial charge in [-0.3, -0.25) is 0 Å². The van der Waals surface area contributed by atoms with Gasteiger partial charge in [0.15, 0.2) is 0 Å². The van der Waals surface area contributed by atoms with Gasteiger partial charge in [-0.1, -0.05) is 108 Å². The Balaban J connectivity index is 1.43. The van der Waals surface area contributed by atoms with Crippen molar-refractivity contribution >= 4 is 61.7 Å². The van der Waals surface area contributed by atoms with Crippen LogP contribution in [-0.4, -0.2) is 30.6 Å². The molecule has 5 aromatic carbocycles. The number of hydrogen-bond acceptors (Lipinski definition) is 3. The number of hydrogen-bond donors (Lipinski definition) is 2. The van der Waals surface area contributed by atoms with Crippen molar-refractivity contribution in [2.45, 2.75) is 36.6 Å². The lowest BCUT2D eigenvalue weighted by Gasteiger charge is -2.25. The van der Waals surface area contributed by atoms with Crippen molar-refractivity contribution in [3.8, 4) is 0 Å². The van der Waals surface area contributed by atoms with Crippen molar-refractivity contribution in [2.75, 3.05) is 6.54 Å². The summed E-state index contributed by atoms with van der Waals surface area (Å²) in [6.07, 6.45) is 2.58. The van der Waals surface area contributed by atoms with E-state index in [0.29, 0.717) is 22.9 Å². The summed E-state index contributed by atoms with van der Waals surface area (Å²) in [5, 5.41) is 11.3. The molecular weight excluding hydrogens is 699 g/mol. The maximum atomic E-state index is 13.4. The van der Waals surface area contributed by atoms with E-state index in [1.807, 2.05) is 66.7 Å². The first-order valence-corrected chi connectivity index (χ1v) is 18.4. The largest absolute Gasteiger partial charge is 0.478 e. The fourth-order valence-electron chi connectivity index (χ4n) is 6.37. The molecule has 6 aromatic rings. The molecule has 49 heavy (non-hydrogen) atoms. The summed E-state index contributed by atoms with van der Waals surface area (Å²) in [7, 11) is -3.94. The highest BCUT2D eigenvalue weighted by Gasteiger charge is 2.26. The van der Waals surface area contributed by atoms with Gasteiger partial charge in [-0.2, -0.15) is 0 Å². The summed E-state index contributed by atoms with van der Waals surface area (Å²) in [4.78, 5) is 11.3. The van der Waals surface area contributed by atoms with Crippen molar-refractivity contribution in [3.63, 3.8) is 0 Å². The van der Waals surface area contributed by atoms with Crippen LogP contribution in [0.25, 0.3) is 10.9 Å². The average Bonchev–Trinajstić information content (AvgIpc) is 3.37. The fourth-order valence-corrected chi connectivity index (χ4v) is 8.35. The second-order valence-corrected chi connectivity index (χ2v) is 14.8. The first-order chi connectivity index (χ1) is 23.6. The fraction of sp³-hybridized carbons (Fsp3) is 0.154. The minimum atomic E-state index is -3.94. The van der Waals surface area contributed by atoms with Crippen LogP contribution in [0, 0.1) is 0 Å². The van der Waals surface area contributed by atoms with Crippen LogP contribution in [0.15, 0.2) is 126 Å². The zero-order valence-corrected chi connectivity index (χ0v) is 29.4. The highest BCUT2D eigenvalue weighted by molar-refractivity contribution is 7.89. The van der Waals surface area contributed by atoms with Crippen LogP contribution in [0.4, 0.5) is 0 Å². The lowest BCUT2D eigenvalue weighted by molar-refractivity contribution is 0.0697. The molecule has 0 atom stereocenters. The average molecular weight is 732 g/mol. The van der Waals surface area contributed by atoms with Crippen LogP contribution in [0.2, 0.25) is 15.1 Å². The Labute approximate surface area is 300 Å². The number of carboxylic acid groups (broad SMARTS) is 1. The summed E-state index contributed by atoms with van der Waals surface area (Å²) < 4.78 is 31.9. The van der Waals surface area contributed by atoms with E-state index >= 15 is 0 Å². The number of carboxylic acids is 1. The molecule has 1 heterocycles. The molecule has 0 amide bonds. The SMILES string of the molecule is O=C(O)c1ccc(CCCc2c(CCNS(=O)(=O)c3ccc(Cl)cc3Cl)n(C(c3ccccc3)c3ccccc3)c3ccc(Cl)cc23)cc1. The number of benzene rings is 5. The van der Waals surface area contributed by atoms with Crippen molar-refractivity contribution in [1.29, 1.82) is 0 Å². The number of halogens is 3. The summed E-state index contributed by atoms with van der Waals surface area (Å²) in [5.74, 6) is -0.957. The maximum absolute atomic E-state index is 13.4. The minimum Gasteiger partial charge on any atom is -0.478 e. The molecule has 6 rings (SSSR count). The Bertz CT molecular complexity index is 2170. The normalized spacial score (nSPS) is 11.8. The summed E-state index contributed by atoms with van der Waals surface area (Å²) in [5.41, 5.74) is 6.51. The Morgan fingerprint density at radius 1 is 0.735 bits per heavy atom. The van der Waals surface area contributed by atoms with Crippen molar-refractivity contribution in [1.82, 2.24) is 9.29 Å². The van der Waals surface area contributed by atoms with E-state index in [0.717, 1.165) is 51.7 Å². The van der Waals surface area contributed by atoms with E-state index in [2.05, 4.69) is 33.6 Å². The molecule has 0 fully saturated rings. The number of nitrogens with zero attached hydrogens (tertiary/aromatic N) is 1. The van der Waals surface area contributed by atoms with Gasteiger partial charge in [-0.25, -0.2) is 17.9 Å². The van der Waals surface area contributed by atoms with E-state index < -0.39 is 16.0 Å². The van der Waals surface area contributed by atoms with Crippen LogP contribution >= 0.6 is 34.8 Å². The Morgan fingerprint density at radius 3 is 1.96 bits per heavy atom. The first-order valence-electron chi connectivity index (χ1n) is 15.8. The molecule has 0 unspecified atom stereocenters. The van der Waals surface area contributed by atoms with Gasteiger partial charge in [0.1, 0.15) is 4.90 Å². The minimum absolute atomic E-state index is 0.0357. The van der Waals surface area contributed by atoms with E-state index in [-0.39, 0.29) is 28.1 Å². The zero-order chi connectivity index (χ0) is 34.5. The van der Waals surface area contributed by atoms with Crippen molar-refractivity contribution in [3.05, 3.63) is 170 Å². The summed E-state index contributed by atoms with van der Waals surface area (Å²) in [6.45, 7) is 0.116. The lowest BCUT2D eigenvalue weighted by Crippen LogP contribution is -2.27. The molecule has 0 spiro atoms. The van der Waals surface area contributed by atoms with Gasteiger partial charge in [0, 0.05) is 39.6 Å². The second-order valence-electron chi connectivity index (χ2n) is 11.8. The van der Waals surface area contributed by atoms with E-state index in [9.17, 15) is 18.3 Å². The van der Waals surface area contributed by atoms with Gasteiger partial charge in [0.25, 0.3) is 0 Å². The molecule has 0 aliphatic rings. The van der Waals surface area contributed by atoms with Crippen molar-refractivity contribution < 1.29 is 18.3 Å². The number of aromatic carboxylic acids is 1. The predicted molar refractivity (Wildman–Crippen MR) is 198 cm³/mol. The van der Waals surface area contributed by atoms with Crippen LogP contribution in [0.1, 0.15) is 50.8 Å². The third kappa shape index (κ3) is 7.88. The maximum Gasteiger partial charge on any atom is 0.335 e. The summed E-state index contributed by atoms with van der Waals surface area (Å²) >= 11 is 18.9. The van der Waals surface area contributed by atoms with Gasteiger partial charge in [-0.15, -0.1) is 0 Å². The molecule has 0 aliphatic heterocycles. The quantitative estimate of drug-likeness (QED) is 0.124. The van der Waals surface area contributed by atoms with E-state index in [1.54, 1.807) is 12.1 Å². The van der Waals surface area contributed by atoms with Gasteiger partial charge < -0.3 is 9.67 Å². The highest BCUT2D eigenvalue weighted by atomic mass is 35.5. The van der Waals surface area contributed by atoms with E-state index in [1.165, 1.54) is 18.2 Å². The standard InChI is InChI=1S/C39H33Cl3N2O4S/c40-30-18-20-35-33(24-30)32(13-7-8-26-14-16-29(17-15-26)39(45)46)36(22-23-43-49(47,48)37-21-19-31(41)25-34(37)42)44(35)38(27-9-3-1-4-10-27)28-11-5-2-6-12-28/h1-6,9-12,14-21,24-25,38,43H,7-8,13,22-23H2,(H,45,46). The molecular formula is C39H33Cl3N2O4S. The molecule has 6 nitrogen and oxygen atoms in total. The summed E-state index contributed by atoms with van der Waals surface area (Å²) in [6, 6.07) is 37.5. The van der Waals surface area contributed by atoms with Gasteiger partial charge in [-0.05, 0) is 90.0 Å². The molecule has 250 valence electrons. The zero-order valence-electron chi connectivity index (χ0n) is 26.3. The number of fused-ring (bicyclic) bond motifs is 1. The van der Waals surface area contributed by atoms with E-state index in [4.69, 9.17) is 34.8 Å².